The number of hydrogen-bond acceptors (Lipinski definition) is 2. The first-order valence-corrected chi connectivity index (χ1v) is 6.84. The minimum Gasteiger partial charge on any atom is -0.320 e. The second-order valence-electron chi connectivity index (χ2n) is 4.22. The highest BCUT2D eigenvalue weighted by molar-refractivity contribution is 7.98. The normalized spacial score (nSPS) is 10.2. The summed E-state index contributed by atoms with van der Waals surface area (Å²) in [6, 6.07) is 5.13. The number of rotatable bonds is 4. The molecule has 0 amide bonds. The Morgan fingerprint density at radius 3 is 2.76 bits per heavy atom. The summed E-state index contributed by atoms with van der Waals surface area (Å²) in [7, 11) is 0. The van der Waals surface area contributed by atoms with Crippen LogP contribution in [0.4, 0.5) is 4.39 Å². The molecule has 1 nitrogen and oxygen atoms in total. The van der Waals surface area contributed by atoms with E-state index in [1.54, 1.807) is 11.8 Å². The van der Waals surface area contributed by atoms with E-state index in [0.717, 1.165) is 11.3 Å². The maximum Gasteiger partial charge on any atom is 0.128 e. The molecule has 0 bridgehead atoms. The van der Waals surface area contributed by atoms with Gasteiger partial charge < -0.3 is 5.73 Å². The topological polar surface area (TPSA) is 26.0 Å². The van der Waals surface area contributed by atoms with Gasteiger partial charge in [0.15, 0.2) is 0 Å². The van der Waals surface area contributed by atoms with Crippen molar-refractivity contribution in [3.8, 4) is 11.8 Å². The van der Waals surface area contributed by atoms with Crippen LogP contribution >= 0.6 is 11.8 Å². The van der Waals surface area contributed by atoms with Gasteiger partial charge in [0.1, 0.15) is 5.82 Å². The predicted octanol–water partition coefficient (Wildman–Crippen LogP) is 3.03. The van der Waals surface area contributed by atoms with E-state index in [2.05, 4.69) is 25.7 Å². The van der Waals surface area contributed by atoms with Crippen LogP contribution in [0.5, 0.6) is 0 Å². The Balaban J connectivity index is 2.63. The first-order chi connectivity index (χ1) is 8.13. The van der Waals surface area contributed by atoms with Gasteiger partial charge in [0, 0.05) is 11.3 Å². The Hall–Kier alpha value is -0.980. The van der Waals surface area contributed by atoms with Crippen molar-refractivity contribution in [2.24, 2.45) is 11.7 Å². The summed E-state index contributed by atoms with van der Waals surface area (Å²) in [5.74, 6) is 7.77. The lowest BCUT2D eigenvalue weighted by atomic mass is 10.1. The average molecular weight is 251 g/mol. The molecule has 0 heterocycles. The molecular weight excluding hydrogens is 233 g/mol. The van der Waals surface area contributed by atoms with Crippen LogP contribution in [0.1, 0.15) is 25.0 Å². The third-order valence-electron chi connectivity index (χ3n) is 2.10. The van der Waals surface area contributed by atoms with Crippen molar-refractivity contribution in [2.45, 2.75) is 19.6 Å². The van der Waals surface area contributed by atoms with Crippen molar-refractivity contribution in [1.82, 2.24) is 0 Å². The third-order valence-corrected chi connectivity index (χ3v) is 3.51. The van der Waals surface area contributed by atoms with E-state index < -0.39 is 0 Å². The molecule has 0 saturated heterocycles. The lowest BCUT2D eigenvalue weighted by molar-refractivity contribution is 0.616. The van der Waals surface area contributed by atoms with E-state index in [4.69, 9.17) is 5.73 Å². The lowest BCUT2D eigenvalue weighted by Gasteiger charge is -2.06. The molecule has 92 valence electrons. The van der Waals surface area contributed by atoms with Crippen molar-refractivity contribution < 1.29 is 4.39 Å². The number of benzene rings is 1. The summed E-state index contributed by atoms with van der Waals surface area (Å²) in [4.78, 5) is 0. The monoisotopic (exact) mass is 251 g/mol. The molecule has 1 aromatic carbocycles. The first-order valence-electron chi connectivity index (χ1n) is 5.68. The Morgan fingerprint density at radius 1 is 1.41 bits per heavy atom. The minimum absolute atomic E-state index is 0.176. The molecule has 0 saturated carbocycles. The minimum atomic E-state index is -0.176. The fourth-order valence-corrected chi connectivity index (χ4v) is 2.34. The molecule has 0 spiro atoms. The summed E-state index contributed by atoms with van der Waals surface area (Å²) in [5, 5.41) is 0. The highest BCUT2D eigenvalue weighted by atomic mass is 32.2. The zero-order valence-electron chi connectivity index (χ0n) is 10.3. The first kappa shape index (κ1) is 14.1. The molecule has 0 aliphatic heterocycles. The van der Waals surface area contributed by atoms with Crippen LogP contribution < -0.4 is 5.73 Å². The second-order valence-corrected chi connectivity index (χ2v) is 5.25. The number of halogens is 1. The van der Waals surface area contributed by atoms with Gasteiger partial charge in [-0.1, -0.05) is 31.8 Å². The van der Waals surface area contributed by atoms with E-state index in [1.165, 1.54) is 6.07 Å². The van der Waals surface area contributed by atoms with Crippen molar-refractivity contribution in [3.63, 3.8) is 0 Å². The lowest BCUT2D eigenvalue weighted by Crippen LogP contribution is -1.95. The van der Waals surface area contributed by atoms with E-state index in [0.29, 0.717) is 23.8 Å². The quantitative estimate of drug-likeness (QED) is 0.832. The van der Waals surface area contributed by atoms with Crippen molar-refractivity contribution in [1.29, 1.82) is 0 Å². The van der Waals surface area contributed by atoms with Gasteiger partial charge in [-0.3, -0.25) is 0 Å². The fourth-order valence-electron chi connectivity index (χ4n) is 1.30. The Morgan fingerprint density at radius 2 is 2.18 bits per heavy atom. The van der Waals surface area contributed by atoms with Crippen molar-refractivity contribution >= 4 is 11.8 Å². The smallest absolute Gasteiger partial charge is 0.128 e. The summed E-state index contributed by atoms with van der Waals surface area (Å²) in [5.41, 5.74) is 6.70. The van der Waals surface area contributed by atoms with Crippen LogP contribution in [0, 0.1) is 23.6 Å². The zero-order valence-corrected chi connectivity index (χ0v) is 11.1. The van der Waals surface area contributed by atoms with E-state index in [9.17, 15) is 4.39 Å². The molecule has 0 aliphatic rings. The van der Waals surface area contributed by atoms with Crippen molar-refractivity contribution in [2.75, 3.05) is 12.3 Å². The largest absolute Gasteiger partial charge is 0.320 e. The molecule has 2 N–H and O–H groups in total. The van der Waals surface area contributed by atoms with Crippen molar-refractivity contribution in [3.05, 3.63) is 35.1 Å². The highest BCUT2D eigenvalue weighted by Crippen LogP contribution is 2.18. The summed E-state index contributed by atoms with van der Waals surface area (Å²) in [6.45, 7) is 4.62. The van der Waals surface area contributed by atoms with E-state index in [-0.39, 0.29) is 5.82 Å². The Kier molecular flexibility index (Phi) is 6.10. The van der Waals surface area contributed by atoms with Gasteiger partial charge in [-0.2, -0.15) is 11.8 Å². The third kappa shape index (κ3) is 5.25. The molecule has 0 aliphatic carbocycles. The van der Waals surface area contributed by atoms with E-state index in [1.807, 2.05) is 12.1 Å². The van der Waals surface area contributed by atoms with Gasteiger partial charge in [-0.25, -0.2) is 4.39 Å². The van der Waals surface area contributed by atoms with Gasteiger partial charge in [0.05, 0.1) is 6.54 Å². The van der Waals surface area contributed by atoms with Gasteiger partial charge in [-0.05, 0) is 29.4 Å². The summed E-state index contributed by atoms with van der Waals surface area (Å²) >= 11 is 1.76. The molecule has 3 heteroatoms. The van der Waals surface area contributed by atoms with Crippen LogP contribution in [0.25, 0.3) is 0 Å². The standard InChI is InChI=1S/C14H18FNS/c1-11(2)9-17-10-13-6-5-12(4-3-7-16)8-14(13)15/h5-6,8,11H,7,9-10,16H2,1-2H3. The van der Waals surface area contributed by atoms with Crippen LogP contribution in [0.3, 0.4) is 0 Å². The molecule has 0 aromatic heterocycles. The maximum absolute atomic E-state index is 13.7. The SMILES string of the molecule is CC(C)CSCc1ccc(C#CCN)cc1F. The van der Waals surface area contributed by atoms with Crippen LogP contribution in [-0.2, 0) is 5.75 Å². The van der Waals surface area contributed by atoms with E-state index >= 15 is 0 Å². The number of nitrogens with two attached hydrogens (primary N) is 1. The fraction of sp³-hybridized carbons (Fsp3) is 0.429. The predicted molar refractivity (Wildman–Crippen MR) is 73.3 cm³/mol. The summed E-state index contributed by atoms with van der Waals surface area (Å²) < 4.78 is 13.7. The van der Waals surface area contributed by atoms with Gasteiger partial charge in [0.25, 0.3) is 0 Å². The number of hydrogen-bond donors (Lipinski definition) is 1. The Labute approximate surface area is 107 Å². The molecule has 17 heavy (non-hydrogen) atoms. The Bertz CT molecular complexity index is 418. The zero-order chi connectivity index (χ0) is 12.7. The molecule has 0 atom stereocenters. The molecule has 0 radical (unpaired) electrons. The van der Waals surface area contributed by atoms with Gasteiger partial charge in [-0.15, -0.1) is 0 Å². The molecule has 0 fully saturated rings. The summed E-state index contributed by atoms with van der Waals surface area (Å²) in [6.07, 6.45) is 0. The molecule has 1 aromatic rings. The van der Waals surface area contributed by atoms with Crippen LogP contribution in [-0.4, -0.2) is 12.3 Å². The second kappa shape index (κ2) is 7.37. The molecule has 1 rings (SSSR count). The van der Waals surface area contributed by atoms with Crippen LogP contribution in [0.15, 0.2) is 18.2 Å². The molecular formula is C14H18FNS. The van der Waals surface area contributed by atoms with Gasteiger partial charge in [0.2, 0.25) is 0 Å². The number of thioether (sulfide) groups is 1. The average Bonchev–Trinajstić information content (AvgIpc) is 2.28. The van der Waals surface area contributed by atoms with Gasteiger partial charge >= 0.3 is 0 Å². The maximum atomic E-state index is 13.7. The highest BCUT2D eigenvalue weighted by Gasteiger charge is 2.03. The van der Waals surface area contributed by atoms with Crippen LogP contribution in [0.2, 0.25) is 0 Å². The molecule has 0 unspecified atom stereocenters.